The van der Waals surface area contributed by atoms with E-state index in [4.69, 9.17) is 16.3 Å². The average Bonchev–Trinajstić information content (AvgIpc) is 3.61. The van der Waals surface area contributed by atoms with Crippen molar-refractivity contribution in [2.75, 3.05) is 18.2 Å². The van der Waals surface area contributed by atoms with Crippen LogP contribution in [0.1, 0.15) is 35.5 Å². The van der Waals surface area contributed by atoms with Crippen LogP contribution in [0.25, 0.3) is 22.5 Å². The summed E-state index contributed by atoms with van der Waals surface area (Å²) in [5, 5.41) is 17.3. The van der Waals surface area contributed by atoms with E-state index in [1.807, 2.05) is 17.5 Å². The smallest absolute Gasteiger partial charge is 0.341 e. The normalized spacial score (nSPS) is 11.0. The number of aromatic nitrogens is 3. The fourth-order valence-corrected chi connectivity index (χ4v) is 6.28. The summed E-state index contributed by atoms with van der Waals surface area (Å²) < 4.78 is 7.05. The highest BCUT2D eigenvalue weighted by Gasteiger charge is 2.23. The highest BCUT2D eigenvalue weighted by molar-refractivity contribution is 7.99. The minimum absolute atomic E-state index is 0.125. The van der Waals surface area contributed by atoms with E-state index < -0.39 is 5.97 Å². The van der Waals surface area contributed by atoms with Crippen LogP contribution in [0.5, 0.6) is 0 Å². The number of esters is 1. The number of halogens is 1. The van der Waals surface area contributed by atoms with E-state index >= 15 is 0 Å². The number of hydrogen-bond acceptors (Lipinski definition) is 8. The number of thiophene rings is 2. The van der Waals surface area contributed by atoms with Crippen molar-refractivity contribution >= 4 is 62.9 Å². The Kier molecular flexibility index (Phi) is 8.84. The van der Waals surface area contributed by atoms with Gasteiger partial charge >= 0.3 is 5.97 Å². The SMILES string of the molecule is CCCn1c(SCC(=O)Nc2scc(-c3ccc(Cl)cc3)c2C(=O)OC)nnc1-c1csc(CC)c1. The quantitative estimate of drug-likeness (QED) is 0.168. The van der Waals surface area contributed by atoms with Crippen LogP contribution >= 0.6 is 46.0 Å². The third kappa shape index (κ3) is 5.83. The van der Waals surface area contributed by atoms with Gasteiger partial charge in [-0.1, -0.05) is 49.3 Å². The number of nitrogens with one attached hydrogen (secondary N) is 1. The van der Waals surface area contributed by atoms with Crippen molar-refractivity contribution in [3.63, 3.8) is 0 Å². The number of rotatable bonds is 10. The van der Waals surface area contributed by atoms with Crippen molar-refractivity contribution in [2.45, 2.75) is 38.4 Å². The average molecular weight is 561 g/mol. The van der Waals surface area contributed by atoms with E-state index in [0.29, 0.717) is 26.3 Å². The van der Waals surface area contributed by atoms with Crippen molar-refractivity contribution in [3.05, 3.63) is 56.6 Å². The zero-order valence-corrected chi connectivity index (χ0v) is 23.2. The Bertz CT molecular complexity index is 1360. The molecule has 0 aliphatic rings. The summed E-state index contributed by atoms with van der Waals surface area (Å²) in [7, 11) is 1.32. The van der Waals surface area contributed by atoms with Crippen LogP contribution < -0.4 is 5.32 Å². The molecule has 0 spiro atoms. The van der Waals surface area contributed by atoms with Gasteiger partial charge in [-0.2, -0.15) is 0 Å². The highest BCUT2D eigenvalue weighted by atomic mass is 35.5. The van der Waals surface area contributed by atoms with Crippen LogP contribution in [0.3, 0.4) is 0 Å². The van der Waals surface area contributed by atoms with Crippen molar-refractivity contribution in [3.8, 4) is 22.5 Å². The molecule has 3 heterocycles. The summed E-state index contributed by atoms with van der Waals surface area (Å²) in [5.41, 5.74) is 2.86. The molecule has 0 saturated heterocycles. The molecule has 0 aliphatic carbocycles. The lowest BCUT2D eigenvalue weighted by Crippen LogP contribution is -2.16. The maximum Gasteiger partial charge on any atom is 0.341 e. The molecule has 0 aliphatic heterocycles. The lowest BCUT2D eigenvalue weighted by atomic mass is 10.0. The molecule has 0 bridgehead atoms. The first-order valence-corrected chi connectivity index (χ1v) is 14.5. The van der Waals surface area contributed by atoms with Crippen LogP contribution in [-0.2, 0) is 22.5 Å². The number of benzene rings is 1. The number of carbonyl (C=O) groups excluding carboxylic acids is 2. The topological polar surface area (TPSA) is 86.1 Å². The molecule has 0 radical (unpaired) electrons. The number of hydrogen-bond donors (Lipinski definition) is 1. The fraction of sp³-hybridized carbons (Fsp3) is 0.280. The second-order valence-corrected chi connectivity index (χ2v) is 11.1. The van der Waals surface area contributed by atoms with Crippen LogP contribution in [0.4, 0.5) is 5.00 Å². The molecule has 1 N–H and O–H groups in total. The Hall–Kier alpha value is -2.66. The van der Waals surface area contributed by atoms with Gasteiger partial charge in [-0.15, -0.1) is 32.9 Å². The van der Waals surface area contributed by atoms with Gasteiger partial charge in [0.25, 0.3) is 0 Å². The van der Waals surface area contributed by atoms with Crippen molar-refractivity contribution in [2.24, 2.45) is 0 Å². The second-order valence-electron chi connectivity index (χ2n) is 7.80. The largest absolute Gasteiger partial charge is 0.465 e. The summed E-state index contributed by atoms with van der Waals surface area (Å²) in [6.07, 6.45) is 1.89. The third-order valence-electron chi connectivity index (χ3n) is 5.35. The Morgan fingerprint density at radius 3 is 2.56 bits per heavy atom. The van der Waals surface area contributed by atoms with Crippen molar-refractivity contribution in [1.82, 2.24) is 14.8 Å². The molecule has 0 fully saturated rings. The van der Waals surface area contributed by atoms with Gasteiger partial charge in [0.1, 0.15) is 10.6 Å². The van der Waals surface area contributed by atoms with Gasteiger partial charge in [-0.3, -0.25) is 4.79 Å². The van der Waals surface area contributed by atoms with E-state index in [0.717, 1.165) is 36.3 Å². The number of thioether (sulfide) groups is 1. The van der Waals surface area contributed by atoms with Crippen LogP contribution in [0, 0.1) is 0 Å². The second kappa shape index (κ2) is 12.1. The molecular weight excluding hydrogens is 536 g/mol. The predicted molar refractivity (Wildman–Crippen MR) is 148 cm³/mol. The van der Waals surface area contributed by atoms with Crippen LogP contribution in [0.2, 0.25) is 5.02 Å². The standard InChI is InChI=1S/C25H25ClN4O3S3/c1-4-10-30-22(16-11-18(5-2)34-12-16)28-29-25(30)36-14-20(31)27-23-21(24(32)33-3)19(13-35-23)15-6-8-17(26)9-7-15/h6-9,11-13H,4-5,10,14H2,1-3H3,(H,27,31). The summed E-state index contributed by atoms with van der Waals surface area (Å²) in [6.45, 7) is 4.98. The van der Waals surface area contributed by atoms with Crippen LogP contribution in [-0.4, -0.2) is 39.5 Å². The van der Waals surface area contributed by atoms with Gasteiger partial charge in [0.2, 0.25) is 5.91 Å². The molecule has 3 aromatic heterocycles. The maximum absolute atomic E-state index is 12.9. The molecule has 1 amide bonds. The molecule has 7 nitrogen and oxygen atoms in total. The number of anilines is 1. The number of nitrogens with zero attached hydrogens (tertiary/aromatic N) is 3. The lowest BCUT2D eigenvalue weighted by Gasteiger charge is -2.09. The van der Waals surface area contributed by atoms with Crippen molar-refractivity contribution in [1.29, 1.82) is 0 Å². The summed E-state index contributed by atoms with van der Waals surface area (Å²) in [6, 6.07) is 9.31. The molecule has 0 atom stereocenters. The maximum atomic E-state index is 12.9. The monoisotopic (exact) mass is 560 g/mol. The minimum atomic E-state index is -0.515. The van der Waals surface area contributed by atoms with Gasteiger partial charge in [-0.25, -0.2) is 4.79 Å². The molecule has 11 heteroatoms. The van der Waals surface area contributed by atoms with Gasteiger partial charge in [0.05, 0.1) is 12.9 Å². The van der Waals surface area contributed by atoms with Gasteiger partial charge < -0.3 is 14.6 Å². The summed E-state index contributed by atoms with van der Waals surface area (Å²) >= 11 is 10.3. The first kappa shape index (κ1) is 26.4. The molecular formula is C25H25ClN4O3S3. The number of carbonyl (C=O) groups is 2. The van der Waals surface area contributed by atoms with E-state index in [-0.39, 0.29) is 11.7 Å². The van der Waals surface area contributed by atoms with E-state index in [2.05, 4.69) is 45.4 Å². The predicted octanol–water partition coefficient (Wildman–Crippen LogP) is 6.88. The summed E-state index contributed by atoms with van der Waals surface area (Å²) in [4.78, 5) is 26.7. The summed E-state index contributed by atoms with van der Waals surface area (Å²) in [5.74, 6) is 0.180. The first-order chi connectivity index (χ1) is 17.4. The molecule has 4 aromatic rings. The number of amides is 1. The van der Waals surface area contributed by atoms with Crippen LogP contribution in [0.15, 0.2) is 46.2 Å². The van der Waals surface area contributed by atoms with Gasteiger partial charge in [0, 0.05) is 38.3 Å². The molecule has 188 valence electrons. The fourth-order valence-electron chi connectivity index (χ4n) is 3.61. The zero-order chi connectivity index (χ0) is 25.7. The molecule has 36 heavy (non-hydrogen) atoms. The number of aryl methyl sites for hydroxylation is 1. The zero-order valence-electron chi connectivity index (χ0n) is 20.0. The molecule has 1 aromatic carbocycles. The number of methoxy groups -OCH3 is 1. The Balaban J connectivity index is 1.50. The van der Waals surface area contributed by atoms with Crippen molar-refractivity contribution < 1.29 is 14.3 Å². The van der Waals surface area contributed by atoms with Gasteiger partial charge in [-0.05, 0) is 36.6 Å². The minimum Gasteiger partial charge on any atom is -0.465 e. The molecule has 4 rings (SSSR count). The van der Waals surface area contributed by atoms with Gasteiger partial charge in [0.15, 0.2) is 11.0 Å². The first-order valence-electron chi connectivity index (χ1n) is 11.3. The van der Waals surface area contributed by atoms with E-state index in [9.17, 15) is 9.59 Å². The molecule has 0 saturated carbocycles. The Labute approximate surface area is 226 Å². The Morgan fingerprint density at radius 2 is 1.89 bits per heavy atom. The van der Waals surface area contributed by atoms with E-state index in [1.54, 1.807) is 23.5 Å². The molecule has 0 unspecified atom stereocenters. The highest BCUT2D eigenvalue weighted by Crippen LogP contribution is 2.37. The number of ether oxygens (including phenoxy) is 1. The van der Waals surface area contributed by atoms with E-state index in [1.165, 1.54) is 35.1 Å². The lowest BCUT2D eigenvalue weighted by molar-refractivity contribution is -0.113. The Morgan fingerprint density at radius 1 is 1.11 bits per heavy atom. The third-order valence-corrected chi connectivity index (χ3v) is 8.54.